The van der Waals surface area contributed by atoms with Crippen LogP contribution < -0.4 is 5.32 Å². The number of fused-ring (bicyclic) bond motifs is 1. The molecule has 3 atom stereocenters. The van der Waals surface area contributed by atoms with Crippen molar-refractivity contribution in [2.24, 2.45) is 0 Å². The molecule has 0 unspecified atom stereocenters. The molecule has 2 aliphatic heterocycles. The Bertz CT molecular complexity index is 520. The molecule has 0 spiro atoms. The molecule has 0 aliphatic carbocycles. The molecule has 2 saturated heterocycles. The zero-order valence-electron chi connectivity index (χ0n) is 12.8. The fourth-order valence-corrected chi connectivity index (χ4v) is 3.41. The highest BCUT2D eigenvalue weighted by atomic mass is 16.5. The Balaban J connectivity index is 1.50. The number of pyridine rings is 1. The van der Waals surface area contributed by atoms with Gasteiger partial charge in [-0.1, -0.05) is 12.1 Å². The van der Waals surface area contributed by atoms with E-state index in [2.05, 4.69) is 21.8 Å². The van der Waals surface area contributed by atoms with Crippen LogP contribution in [-0.2, 0) is 16.1 Å². The molecular weight excluding hydrogens is 278 g/mol. The van der Waals surface area contributed by atoms with Crippen LogP contribution in [0.5, 0.6) is 0 Å². The Morgan fingerprint density at radius 1 is 1.50 bits per heavy atom. The van der Waals surface area contributed by atoms with Crippen molar-refractivity contribution >= 4 is 5.91 Å². The molecule has 0 radical (unpaired) electrons. The lowest BCUT2D eigenvalue weighted by Crippen LogP contribution is -2.47. The van der Waals surface area contributed by atoms with Crippen molar-refractivity contribution in [2.75, 3.05) is 13.1 Å². The summed E-state index contributed by atoms with van der Waals surface area (Å²) in [6.07, 6.45) is 8.11. The molecule has 0 bridgehead atoms. The number of likely N-dealkylation sites (tertiary alicyclic amines) is 1. The molecule has 22 heavy (non-hydrogen) atoms. The first-order valence-corrected chi connectivity index (χ1v) is 7.95. The molecular formula is C17H23N3O2. The Morgan fingerprint density at radius 3 is 3.18 bits per heavy atom. The summed E-state index contributed by atoms with van der Waals surface area (Å²) in [6, 6.07) is 4.27. The molecule has 3 heterocycles. The van der Waals surface area contributed by atoms with E-state index in [1.807, 2.05) is 18.2 Å². The molecule has 2 fully saturated rings. The second-order valence-electron chi connectivity index (χ2n) is 5.96. The van der Waals surface area contributed by atoms with Gasteiger partial charge in [-0.2, -0.15) is 0 Å². The minimum Gasteiger partial charge on any atom is -0.363 e. The van der Waals surface area contributed by atoms with Gasteiger partial charge in [-0.15, -0.1) is 6.58 Å². The molecule has 1 amide bonds. The van der Waals surface area contributed by atoms with E-state index in [-0.39, 0.29) is 18.1 Å². The highest BCUT2D eigenvalue weighted by Crippen LogP contribution is 2.31. The second kappa shape index (κ2) is 7.03. The van der Waals surface area contributed by atoms with Crippen molar-refractivity contribution in [2.45, 2.75) is 44.1 Å². The number of amides is 1. The molecule has 1 N–H and O–H groups in total. The quantitative estimate of drug-likeness (QED) is 0.838. The summed E-state index contributed by atoms with van der Waals surface area (Å²) in [5.41, 5.74) is 1.00. The van der Waals surface area contributed by atoms with Gasteiger partial charge < -0.3 is 10.1 Å². The van der Waals surface area contributed by atoms with E-state index in [1.54, 1.807) is 12.4 Å². The van der Waals surface area contributed by atoms with Gasteiger partial charge >= 0.3 is 0 Å². The minimum absolute atomic E-state index is 0.00975. The normalized spacial score (nSPS) is 28.1. The molecule has 3 rings (SSSR count). The Hall–Kier alpha value is -1.72. The molecule has 5 nitrogen and oxygen atoms in total. The van der Waals surface area contributed by atoms with E-state index < -0.39 is 0 Å². The lowest BCUT2D eigenvalue weighted by atomic mass is 9.98. The maximum Gasteiger partial charge on any atom is 0.249 e. The SMILES string of the molecule is C=CCN1CC[C@H]2O[C@H](C(=O)NCc3cccnc3)CC[C@H]21. The number of ether oxygens (including phenoxy) is 1. The third-order valence-electron chi connectivity index (χ3n) is 4.51. The third-order valence-corrected chi connectivity index (χ3v) is 4.51. The summed E-state index contributed by atoms with van der Waals surface area (Å²) >= 11 is 0. The van der Waals surface area contributed by atoms with Gasteiger partial charge in [0.2, 0.25) is 5.91 Å². The molecule has 2 aliphatic rings. The van der Waals surface area contributed by atoms with Crippen LogP contribution in [-0.4, -0.2) is 47.1 Å². The number of nitrogens with zero attached hydrogens (tertiary/aromatic N) is 2. The van der Waals surface area contributed by atoms with Crippen molar-refractivity contribution < 1.29 is 9.53 Å². The van der Waals surface area contributed by atoms with Gasteiger partial charge in [0.25, 0.3) is 0 Å². The van der Waals surface area contributed by atoms with E-state index in [0.29, 0.717) is 12.6 Å². The van der Waals surface area contributed by atoms with E-state index >= 15 is 0 Å². The zero-order chi connectivity index (χ0) is 15.4. The lowest BCUT2D eigenvalue weighted by molar-refractivity contribution is -0.143. The highest BCUT2D eigenvalue weighted by Gasteiger charge is 2.41. The van der Waals surface area contributed by atoms with Crippen LogP contribution in [0, 0.1) is 0 Å². The summed E-state index contributed by atoms with van der Waals surface area (Å²) in [5.74, 6) is -0.00975. The van der Waals surface area contributed by atoms with Crippen molar-refractivity contribution in [1.82, 2.24) is 15.2 Å². The fraction of sp³-hybridized carbons (Fsp3) is 0.529. The summed E-state index contributed by atoms with van der Waals surface area (Å²) < 4.78 is 6.03. The second-order valence-corrected chi connectivity index (χ2v) is 5.96. The predicted octanol–water partition coefficient (Wildman–Crippen LogP) is 1.51. The summed E-state index contributed by atoms with van der Waals surface area (Å²) in [4.78, 5) is 18.7. The number of hydrogen-bond acceptors (Lipinski definition) is 4. The van der Waals surface area contributed by atoms with Crippen LogP contribution in [0.25, 0.3) is 0 Å². The van der Waals surface area contributed by atoms with Gasteiger partial charge in [0.05, 0.1) is 6.10 Å². The topological polar surface area (TPSA) is 54.5 Å². The summed E-state index contributed by atoms with van der Waals surface area (Å²) in [6.45, 7) is 6.25. The highest BCUT2D eigenvalue weighted by molar-refractivity contribution is 5.80. The Morgan fingerprint density at radius 2 is 2.41 bits per heavy atom. The van der Waals surface area contributed by atoms with Crippen LogP contribution in [0.15, 0.2) is 37.2 Å². The average Bonchev–Trinajstić information content (AvgIpc) is 2.96. The van der Waals surface area contributed by atoms with E-state index in [4.69, 9.17) is 4.74 Å². The Kier molecular flexibility index (Phi) is 4.85. The van der Waals surface area contributed by atoms with Gasteiger partial charge in [-0.25, -0.2) is 0 Å². The Labute approximate surface area is 131 Å². The van der Waals surface area contributed by atoms with E-state index in [1.165, 1.54) is 0 Å². The van der Waals surface area contributed by atoms with Gasteiger partial charge in [-0.3, -0.25) is 14.7 Å². The lowest BCUT2D eigenvalue weighted by Gasteiger charge is -2.35. The number of aromatic nitrogens is 1. The van der Waals surface area contributed by atoms with Crippen LogP contribution in [0.4, 0.5) is 0 Å². The first-order chi connectivity index (χ1) is 10.8. The van der Waals surface area contributed by atoms with Gasteiger partial charge in [0.1, 0.15) is 6.10 Å². The molecule has 1 aromatic heterocycles. The van der Waals surface area contributed by atoms with Crippen molar-refractivity contribution in [1.29, 1.82) is 0 Å². The maximum absolute atomic E-state index is 12.3. The molecule has 0 aromatic carbocycles. The third kappa shape index (κ3) is 3.36. The van der Waals surface area contributed by atoms with Crippen LogP contribution in [0.1, 0.15) is 24.8 Å². The van der Waals surface area contributed by atoms with Crippen molar-refractivity contribution in [3.05, 3.63) is 42.7 Å². The number of hydrogen-bond donors (Lipinski definition) is 1. The first kappa shape index (κ1) is 15.2. The van der Waals surface area contributed by atoms with Crippen LogP contribution in [0.2, 0.25) is 0 Å². The first-order valence-electron chi connectivity index (χ1n) is 7.95. The van der Waals surface area contributed by atoms with Gasteiger partial charge in [-0.05, 0) is 30.9 Å². The fourth-order valence-electron chi connectivity index (χ4n) is 3.41. The predicted molar refractivity (Wildman–Crippen MR) is 84.2 cm³/mol. The summed E-state index contributed by atoms with van der Waals surface area (Å²) in [7, 11) is 0. The number of nitrogens with one attached hydrogen (secondary N) is 1. The van der Waals surface area contributed by atoms with Crippen LogP contribution in [0.3, 0.4) is 0 Å². The monoisotopic (exact) mass is 301 g/mol. The standard InChI is InChI=1S/C17H23N3O2/c1-2-9-20-10-7-15-14(20)5-6-16(22-15)17(21)19-12-13-4-3-8-18-11-13/h2-4,8,11,14-16H,1,5-7,9-10,12H2,(H,19,21)/t14-,15-,16+/m1/s1. The van der Waals surface area contributed by atoms with Crippen LogP contribution >= 0.6 is 0 Å². The van der Waals surface area contributed by atoms with Gasteiger partial charge in [0.15, 0.2) is 0 Å². The minimum atomic E-state index is -0.318. The zero-order valence-corrected chi connectivity index (χ0v) is 12.8. The maximum atomic E-state index is 12.3. The average molecular weight is 301 g/mol. The largest absolute Gasteiger partial charge is 0.363 e. The number of rotatable bonds is 5. The number of carbonyl (C=O) groups excluding carboxylic acids is 1. The number of carbonyl (C=O) groups is 1. The molecule has 0 saturated carbocycles. The molecule has 118 valence electrons. The van der Waals surface area contributed by atoms with E-state index in [9.17, 15) is 4.79 Å². The molecule has 5 heteroatoms. The smallest absolute Gasteiger partial charge is 0.249 e. The van der Waals surface area contributed by atoms with Crippen molar-refractivity contribution in [3.63, 3.8) is 0 Å². The molecule has 1 aromatic rings. The van der Waals surface area contributed by atoms with Crippen molar-refractivity contribution in [3.8, 4) is 0 Å². The van der Waals surface area contributed by atoms with E-state index in [0.717, 1.165) is 37.9 Å². The summed E-state index contributed by atoms with van der Waals surface area (Å²) in [5, 5.41) is 2.95. The van der Waals surface area contributed by atoms with Gasteiger partial charge in [0, 0.05) is 38.1 Å².